The van der Waals surface area contributed by atoms with Crippen molar-refractivity contribution in [1.29, 1.82) is 0 Å². The molecule has 0 saturated heterocycles. The minimum Gasteiger partial charge on any atom is -0.755 e. The van der Waals surface area contributed by atoms with Crippen LogP contribution in [-0.4, -0.2) is 24.4 Å². The molecule has 0 fully saturated rings. The first kappa shape index (κ1) is 22.2. The van der Waals surface area contributed by atoms with Gasteiger partial charge in [0, 0.05) is 40.6 Å². The number of carbonyl (C=O) groups is 1. The number of thiophene rings is 1. The largest absolute Gasteiger partial charge is 0.755 e. The van der Waals surface area contributed by atoms with E-state index in [1.807, 2.05) is 38.2 Å². The van der Waals surface area contributed by atoms with Gasteiger partial charge in [0.05, 0.1) is 0 Å². The molecule has 7 nitrogen and oxygen atoms in total. The second-order valence-electron chi connectivity index (χ2n) is 7.49. The Bertz CT molecular complexity index is 1070. The Hall–Kier alpha value is -2.49. The van der Waals surface area contributed by atoms with Crippen LogP contribution in [0.25, 0.3) is 11.1 Å². The summed E-state index contributed by atoms with van der Waals surface area (Å²) < 4.78 is 30.6. The van der Waals surface area contributed by atoms with E-state index >= 15 is 0 Å². The van der Waals surface area contributed by atoms with Crippen LogP contribution in [0, 0.1) is 19.8 Å². The summed E-state index contributed by atoms with van der Waals surface area (Å²) >= 11 is -1.37. The van der Waals surface area contributed by atoms with Crippen LogP contribution in [0.4, 0.5) is 4.79 Å². The van der Waals surface area contributed by atoms with Crippen molar-refractivity contribution in [2.75, 3.05) is 0 Å². The molecule has 30 heavy (non-hydrogen) atoms. The lowest BCUT2D eigenvalue weighted by molar-refractivity contribution is 0.208. The first-order valence-corrected chi connectivity index (χ1v) is 11.4. The normalized spacial score (nSPS) is 12.2. The number of imidazole rings is 1. The fourth-order valence-corrected chi connectivity index (χ4v) is 4.66. The monoisotopic (exact) mass is 446 g/mol. The summed E-state index contributed by atoms with van der Waals surface area (Å²) in [4.78, 5) is 17.2. The highest BCUT2D eigenvalue weighted by Crippen LogP contribution is 2.41. The van der Waals surface area contributed by atoms with Crippen molar-refractivity contribution in [3.63, 3.8) is 0 Å². The standard InChI is InChI=1S/C21H25N3O4S2/c1-13(2)9-17-11-19(20(29-17)28-21(25)23-30(26)27)18-6-5-16(10-14(18)3)12-24-8-7-22-15(24)4/h5-8,10-11,13H,9,12H2,1-4H3,(H,23,25)(H,26,27)/p-1. The van der Waals surface area contributed by atoms with Gasteiger partial charge in [0.15, 0.2) is 5.06 Å². The Balaban J connectivity index is 1.92. The van der Waals surface area contributed by atoms with E-state index in [1.165, 1.54) is 11.3 Å². The maximum atomic E-state index is 11.9. The molecule has 1 unspecified atom stereocenters. The molecule has 1 aromatic carbocycles. The molecule has 3 rings (SSSR count). The third-order valence-electron chi connectivity index (χ3n) is 4.57. The van der Waals surface area contributed by atoms with Crippen LogP contribution in [0.2, 0.25) is 0 Å². The number of aryl methyl sites for hydroxylation is 2. The minimum absolute atomic E-state index is 0.384. The molecule has 0 saturated carbocycles. The van der Waals surface area contributed by atoms with Crippen LogP contribution in [0.3, 0.4) is 0 Å². The molecule has 1 N–H and O–H groups in total. The Labute approximate surface area is 182 Å². The van der Waals surface area contributed by atoms with Gasteiger partial charge in [-0.25, -0.2) is 9.78 Å². The van der Waals surface area contributed by atoms with Crippen molar-refractivity contribution in [3.05, 3.63) is 58.5 Å². The molecule has 0 aliphatic rings. The van der Waals surface area contributed by atoms with E-state index in [2.05, 4.69) is 29.5 Å². The van der Waals surface area contributed by atoms with Gasteiger partial charge in [-0.3, -0.25) is 8.93 Å². The fourth-order valence-electron chi connectivity index (χ4n) is 3.26. The number of hydrogen-bond donors (Lipinski definition) is 1. The van der Waals surface area contributed by atoms with Crippen molar-refractivity contribution in [3.8, 4) is 16.2 Å². The molecule has 160 valence electrons. The average Bonchev–Trinajstić information content (AvgIpc) is 3.20. The summed E-state index contributed by atoms with van der Waals surface area (Å²) in [6, 6.07) is 8.17. The van der Waals surface area contributed by atoms with E-state index in [-0.39, 0.29) is 0 Å². The van der Waals surface area contributed by atoms with Crippen molar-refractivity contribution < 1.29 is 18.3 Å². The summed E-state index contributed by atoms with van der Waals surface area (Å²) in [6.45, 7) is 8.93. The highest BCUT2D eigenvalue weighted by atomic mass is 32.2. The molecule has 1 atom stereocenters. The third-order valence-corrected chi connectivity index (χ3v) is 5.94. The molecule has 2 aromatic heterocycles. The van der Waals surface area contributed by atoms with Crippen molar-refractivity contribution in [1.82, 2.24) is 14.3 Å². The van der Waals surface area contributed by atoms with Gasteiger partial charge in [0.25, 0.3) is 0 Å². The summed E-state index contributed by atoms with van der Waals surface area (Å²) in [5, 5.41) is 0.384. The van der Waals surface area contributed by atoms with E-state index < -0.39 is 17.4 Å². The predicted octanol–water partition coefficient (Wildman–Crippen LogP) is 4.36. The zero-order valence-electron chi connectivity index (χ0n) is 17.3. The zero-order chi connectivity index (χ0) is 21.8. The van der Waals surface area contributed by atoms with Crippen LogP contribution in [0.1, 0.15) is 35.7 Å². The van der Waals surface area contributed by atoms with E-state index in [9.17, 15) is 13.6 Å². The van der Waals surface area contributed by atoms with E-state index in [0.29, 0.717) is 11.0 Å². The number of nitrogens with one attached hydrogen (secondary N) is 1. The van der Waals surface area contributed by atoms with Crippen molar-refractivity contribution in [2.24, 2.45) is 5.92 Å². The molecular formula is C21H24N3O4S2-. The van der Waals surface area contributed by atoms with Crippen LogP contribution < -0.4 is 9.46 Å². The number of rotatable bonds is 7. The average molecular weight is 447 g/mol. The molecule has 2 heterocycles. The Kier molecular flexibility index (Phi) is 7.06. The van der Waals surface area contributed by atoms with Crippen LogP contribution in [-0.2, 0) is 24.2 Å². The first-order valence-electron chi connectivity index (χ1n) is 9.51. The Morgan fingerprint density at radius 2 is 2.07 bits per heavy atom. The maximum absolute atomic E-state index is 11.9. The number of benzene rings is 1. The van der Waals surface area contributed by atoms with Crippen LogP contribution in [0.5, 0.6) is 5.06 Å². The van der Waals surface area contributed by atoms with Crippen molar-refractivity contribution in [2.45, 2.75) is 40.7 Å². The maximum Gasteiger partial charge on any atom is 0.424 e. The lowest BCUT2D eigenvalue weighted by Gasteiger charge is -2.12. The minimum atomic E-state index is -2.73. The number of nitrogens with zero attached hydrogens (tertiary/aromatic N) is 2. The van der Waals surface area contributed by atoms with Gasteiger partial charge in [-0.05, 0) is 48.9 Å². The van der Waals surface area contributed by atoms with Gasteiger partial charge in [0.1, 0.15) is 5.82 Å². The summed E-state index contributed by atoms with van der Waals surface area (Å²) in [5.41, 5.74) is 3.90. The molecule has 0 radical (unpaired) electrons. The smallest absolute Gasteiger partial charge is 0.424 e. The molecule has 3 aromatic rings. The Morgan fingerprint density at radius 3 is 2.67 bits per heavy atom. The second-order valence-corrected chi connectivity index (χ2v) is 9.26. The van der Waals surface area contributed by atoms with E-state index in [0.717, 1.165) is 45.9 Å². The number of hydrogen-bond acceptors (Lipinski definition) is 6. The number of carbonyl (C=O) groups excluding carboxylic acids is 1. The van der Waals surface area contributed by atoms with Crippen LogP contribution in [0.15, 0.2) is 36.7 Å². The molecule has 0 spiro atoms. The topological polar surface area (TPSA) is 96.3 Å². The first-order chi connectivity index (χ1) is 14.2. The summed E-state index contributed by atoms with van der Waals surface area (Å²) in [6.07, 6.45) is 3.54. The van der Waals surface area contributed by atoms with Gasteiger partial charge in [-0.2, -0.15) is 0 Å². The van der Waals surface area contributed by atoms with Gasteiger partial charge < -0.3 is 13.9 Å². The van der Waals surface area contributed by atoms with Gasteiger partial charge >= 0.3 is 6.09 Å². The van der Waals surface area contributed by atoms with Gasteiger partial charge in [-0.1, -0.05) is 32.0 Å². The summed E-state index contributed by atoms with van der Waals surface area (Å²) in [7, 11) is 0. The lowest BCUT2D eigenvalue weighted by atomic mass is 9.99. The Morgan fingerprint density at radius 1 is 1.30 bits per heavy atom. The number of aromatic nitrogens is 2. The third kappa shape index (κ3) is 5.56. The molecule has 9 heteroatoms. The molecule has 0 aliphatic carbocycles. The molecule has 1 amide bonds. The molecular weight excluding hydrogens is 422 g/mol. The van der Waals surface area contributed by atoms with Gasteiger partial charge in [-0.15, -0.1) is 11.3 Å². The van der Waals surface area contributed by atoms with Crippen LogP contribution >= 0.6 is 11.3 Å². The molecule has 0 bridgehead atoms. The fraction of sp³-hybridized carbons (Fsp3) is 0.333. The lowest BCUT2D eigenvalue weighted by Crippen LogP contribution is -2.28. The predicted molar refractivity (Wildman–Crippen MR) is 117 cm³/mol. The quantitative estimate of drug-likeness (QED) is 0.544. The molecule has 0 aliphatic heterocycles. The highest BCUT2D eigenvalue weighted by molar-refractivity contribution is 7.77. The SMILES string of the molecule is Cc1cc(Cn2ccnc2C)ccc1-c1cc(CC(C)C)sc1OC(=O)NS(=O)[O-]. The summed E-state index contributed by atoms with van der Waals surface area (Å²) in [5.74, 6) is 1.39. The highest BCUT2D eigenvalue weighted by Gasteiger charge is 2.18. The van der Waals surface area contributed by atoms with E-state index in [1.54, 1.807) is 10.9 Å². The van der Waals surface area contributed by atoms with Crippen molar-refractivity contribution >= 4 is 28.7 Å². The van der Waals surface area contributed by atoms with E-state index in [4.69, 9.17) is 4.74 Å². The zero-order valence-corrected chi connectivity index (χ0v) is 18.9. The second kappa shape index (κ2) is 9.55. The number of amides is 1. The van der Waals surface area contributed by atoms with Gasteiger partial charge in [0.2, 0.25) is 0 Å². The number of ether oxygens (including phenoxy) is 1.